The van der Waals surface area contributed by atoms with Crippen LogP contribution < -0.4 is 11.1 Å². The smallest absolute Gasteiger partial charge is 0.251 e. The monoisotopic (exact) mass is 329 g/mol. The van der Waals surface area contributed by atoms with Crippen molar-refractivity contribution < 1.29 is 15.1 Å². The number of phenolic OH excluding ortho intramolecular Hbond substituents is 1. The zero-order chi connectivity index (χ0) is 14.6. The second-order valence-corrected chi connectivity index (χ2v) is 5.57. The summed E-state index contributed by atoms with van der Waals surface area (Å²) in [6.07, 6.45) is 0. The molecule has 0 spiro atoms. The summed E-state index contributed by atoms with van der Waals surface area (Å²) in [7, 11) is 0. The molecule has 6 nitrogen and oxygen atoms in total. The lowest BCUT2D eigenvalue weighted by molar-refractivity contribution is 0.0944. The van der Waals surface area contributed by atoms with E-state index in [4.69, 9.17) is 10.9 Å². The fourth-order valence-corrected chi connectivity index (χ4v) is 1.53. The van der Waals surface area contributed by atoms with Crippen molar-refractivity contribution in [2.45, 2.75) is 13.8 Å². The van der Waals surface area contributed by atoms with E-state index in [1.54, 1.807) is 26.0 Å². The topological polar surface area (TPSA) is 108 Å². The van der Waals surface area contributed by atoms with E-state index in [0.717, 1.165) is 0 Å². The van der Waals surface area contributed by atoms with Gasteiger partial charge in [-0.25, -0.2) is 0 Å². The number of halogens is 1. The fraction of sp³-hybridized carbons (Fsp3) is 0.333. The number of hydrogen-bond donors (Lipinski definition) is 4. The molecule has 1 aromatic carbocycles. The summed E-state index contributed by atoms with van der Waals surface area (Å²) in [6.45, 7) is 3.68. The maximum Gasteiger partial charge on any atom is 0.251 e. The Labute approximate surface area is 119 Å². The van der Waals surface area contributed by atoms with Crippen LogP contribution in [0.2, 0.25) is 0 Å². The van der Waals surface area contributed by atoms with Gasteiger partial charge in [-0.05, 0) is 34.1 Å². The molecule has 0 heterocycles. The molecule has 0 aliphatic carbocycles. The molecule has 0 aliphatic heterocycles. The number of amidine groups is 1. The van der Waals surface area contributed by atoms with Crippen LogP contribution in [0.1, 0.15) is 24.2 Å². The first kappa shape index (κ1) is 15.3. The molecule has 19 heavy (non-hydrogen) atoms. The molecule has 1 rings (SSSR count). The highest BCUT2D eigenvalue weighted by Crippen LogP contribution is 2.24. The van der Waals surface area contributed by atoms with Crippen molar-refractivity contribution in [2.75, 3.05) is 6.54 Å². The molecular weight excluding hydrogens is 314 g/mol. The first-order valence-corrected chi connectivity index (χ1v) is 6.32. The van der Waals surface area contributed by atoms with Crippen LogP contribution >= 0.6 is 15.9 Å². The van der Waals surface area contributed by atoms with E-state index >= 15 is 0 Å². The number of nitrogens with zero attached hydrogens (tertiary/aromatic N) is 1. The van der Waals surface area contributed by atoms with E-state index in [0.29, 0.717) is 10.0 Å². The summed E-state index contributed by atoms with van der Waals surface area (Å²) < 4.78 is 0.515. The number of carbonyl (C=O) groups is 1. The minimum atomic E-state index is -0.665. The van der Waals surface area contributed by atoms with Gasteiger partial charge in [0.2, 0.25) is 0 Å². The van der Waals surface area contributed by atoms with Gasteiger partial charge >= 0.3 is 0 Å². The highest BCUT2D eigenvalue weighted by Gasteiger charge is 2.24. The van der Waals surface area contributed by atoms with Gasteiger partial charge in [0.15, 0.2) is 0 Å². The molecule has 1 aromatic rings. The third-order valence-electron chi connectivity index (χ3n) is 2.70. The van der Waals surface area contributed by atoms with Gasteiger partial charge in [0.05, 0.1) is 4.47 Å². The first-order valence-electron chi connectivity index (χ1n) is 5.52. The van der Waals surface area contributed by atoms with Crippen LogP contribution in [-0.4, -0.2) is 28.6 Å². The van der Waals surface area contributed by atoms with Gasteiger partial charge in [-0.1, -0.05) is 19.0 Å². The molecule has 0 saturated carbocycles. The van der Waals surface area contributed by atoms with E-state index in [1.807, 2.05) is 0 Å². The molecule has 5 N–H and O–H groups in total. The van der Waals surface area contributed by atoms with E-state index in [1.165, 1.54) is 6.07 Å². The zero-order valence-corrected chi connectivity index (χ0v) is 12.2. The third kappa shape index (κ3) is 3.85. The van der Waals surface area contributed by atoms with Crippen molar-refractivity contribution in [1.29, 1.82) is 0 Å². The van der Waals surface area contributed by atoms with Gasteiger partial charge in [0.25, 0.3) is 5.91 Å². The maximum atomic E-state index is 11.9. The van der Waals surface area contributed by atoms with Crippen molar-refractivity contribution in [1.82, 2.24) is 5.32 Å². The summed E-state index contributed by atoms with van der Waals surface area (Å²) in [4.78, 5) is 11.9. The summed E-state index contributed by atoms with van der Waals surface area (Å²) in [5, 5.41) is 23.7. The molecule has 0 fully saturated rings. The number of rotatable bonds is 4. The van der Waals surface area contributed by atoms with Gasteiger partial charge < -0.3 is 21.4 Å². The molecule has 104 valence electrons. The average Bonchev–Trinajstić information content (AvgIpc) is 2.38. The van der Waals surface area contributed by atoms with Gasteiger partial charge in [0.1, 0.15) is 11.6 Å². The molecule has 7 heteroatoms. The van der Waals surface area contributed by atoms with Gasteiger partial charge in [-0.3, -0.25) is 4.79 Å². The van der Waals surface area contributed by atoms with Crippen molar-refractivity contribution in [3.8, 4) is 5.75 Å². The lowest BCUT2D eigenvalue weighted by Gasteiger charge is -2.23. The number of hydrogen-bond acceptors (Lipinski definition) is 4. The normalized spacial score (nSPS) is 12.3. The summed E-state index contributed by atoms with van der Waals surface area (Å²) in [5.74, 6) is -0.323. The van der Waals surface area contributed by atoms with Crippen LogP contribution in [0.3, 0.4) is 0 Å². The van der Waals surface area contributed by atoms with E-state index < -0.39 is 5.41 Å². The number of oxime groups is 1. The summed E-state index contributed by atoms with van der Waals surface area (Å²) >= 11 is 3.14. The largest absolute Gasteiger partial charge is 0.507 e. The van der Waals surface area contributed by atoms with Crippen LogP contribution in [0.4, 0.5) is 0 Å². The number of amides is 1. The second-order valence-electron chi connectivity index (χ2n) is 4.72. The Morgan fingerprint density at radius 3 is 2.68 bits per heavy atom. The Hall–Kier alpha value is -1.76. The van der Waals surface area contributed by atoms with Crippen molar-refractivity contribution in [3.63, 3.8) is 0 Å². The van der Waals surface area contributed by atoms with Crippen LogP contribution in [0.15, 0.2) is 27.8 Å². The number of nitrogens with one attached hydrogen (secondary N) is 1. The molecule has 0 aromatic heterocycles. The molecule has 0 saturated heterocycles. The first-order chi connectivity index (χ1) is 8.77. The fourth-order valence-electron chi connectivity index (χ4n) is 1.28. The molecule has 0 atom stereocenters. The van der Waals surface area contributed by atoms with Crippen LogP contribution in [0.25, 0.3) is 0 Å². The molecule has 0 unspecified atom stereocenters. The highest BCUT2D eigenvalue weighted by atomic mass is 79.9. The quantitative estimate of drug-likeness (QED) is 0.291. The lowest BCUT2D eigenvalue weighted by atomic mass is 9.92. The Morgan fingerprint density at radius 1 is 1.53 bits per heavy atom. The standard InChI is InChI=1S/C12H16BrN3O3/c1-12(2,11(14)16-19)6-15-10(18)7-3-4-8(13)9(17)5-7/h3-5,17,19H,6H2,1-2H3,(H2,14,16)(H,15,18). The SMILES string of the molecule is CC(C)(CNC(=O)c1ccc(Br)c(O)c1)/C(N)=N/O. The number of nitrogens with two attached hydrogens (primary N) is 1. The van der Waals surface area contributed by atoms with E-state index in [9.17, 15) is 9.90 Å². The van der Waals surface area contributed by atoms with Crippen molar-refractivity contribution in [2.24, 2.45) is 16.3 Å². The Kier molecular flexibility index (Phi) is 4.77. The number of carbonyl (C=O) groups excluding carboxylic acids is 1. The number of aromatic hydroxyl groups is 1. The third-order valence-corrected chi connectivity index (χ3v) is 3.37. The maximum absolute atomic E-state index is 11.9. The van der Waals surface area contributed by atoms with Crippen LogP contribution in [0.5, 0.6) is 5.75 Å². The molecular formula is C12H16BrN3O3. The average molecular weight is 330 g/mol. The van der Waals surface area contributed by atoms with E-state index in [-0.39, 0.29) is 24.0 Å². The summed E-state index contributed by atoms with van der Waals surface area (Å²) in [6, 6.07) is 4.52. The molecule has 0 aliphatic rings. The van der Waals surface area contributed by atoms with Gasteiger partial charge in [-0.2, -0.15) is 0 Å². The predicted octanol–water partition coefficient (Wildman–Crippen LogP) is 1.66. The van der Waals surface area contributed by atoms with Crippen molar-refractivity contribution >= 4 is 27.7 Å². The van der Waals surface area contributed by atoms with Crippen LogP contribution in [-0.2, 0) is 0 Å². The minimum absolute atomic E-state index is 0.0108. The van der Waals surface area contributed by atoms with Gasteiger partial charge in [-0.15, -0.1) is 0 Å². The van der Waals surface area contributed by atoms with Crippen molar-refractivity contribution in [3.05, 3.63) is 28.2 Å². The van der Waals surface area contributed by atoms with Crippen LogP contribution in [0, 0.1) is 5.41 Å². The molecule has 0 radical (unpaired) electrons. The number of benzene rings is 1. The second kappa shape index (κ2) is 5.92. The number of phenols is 1. The Morgan fingerprint density at radius 2 is 2.16 bits per heavy atom. The minimum Gasteiger partial charge on any atom is -0.507 e. The predicted molar refractivity (Wildman–Crippen MR) is 75.3 cm³/mol. The Bertz CT molecular complexity index is 515. The molecule has 0 bridgehead atoms. The zero-order valence-electron chi connectivity index (χ0n) is 10.6. The van der Waals surface area contributed by atoms with E-state index in [2.05, 4.69) is 26.4 Å². The highest BCUT2D eigenvalue weighted by molar-refractivity contribution is 9.10. The Balaban J connectivity index is 2.73. The van der Waals surface area contributed by atoms with Gasteiger partial charge in [0, 0.05) is 17.5 Å². The summed E-state index contributed by atoms with van der Waals surface area (Å²) in [5.41, 5.74) is 5.19. The molecule has 1 amide bonds. The lowest BCUT2D eigenvalue weighted by Crippen LogP contribution is -2.42.